The molecule has 2 aromatic heterocycles. The zero-order valence-corrected chi connectivity index (χ0v) is 14.1. The van der Waals surface area contributed by atoms with E-state index < -0.39 is 30.0 Å². The number of esters is 1. The number of Topliss-reactive ketones (excluding diaryl/α,β-unsaturated/α-hetero) is 1. The van der Waals surface area contributed by atoms with Crippen LogP contribution in [-0.2, 0) is 16.1 Å². The second-order valence-corrected chi connectivity index (χ2v) is 6.24. The number of carbonyl (C=O) groups is 2. The number of rotatable bonds is 6. The first kappa shape index (κ1) is 17.9. The van der Waals surface area contributed by atoms with Gasteiger partial charge in [-0.2, -0.15) is 0 Å². The highest BCUT2D eigenvalue weighted by Gasteiger charge is 2.13. The molecule has 6 nitrogen and oxygen atoms in total. The maximum absolute atomic E-state index is 13.1. The van der Waals surface area contributed by atoms with Crippen LogP contribution in [0.4, 0.5) is 8.78 Å². The van der Waals surface area contributed by atoms with Crippen LogP contribution in [0.3, 0.4) is 0 Å². The van der Waals surface area contributed by atoms with Crippen LogP contribution in [0.1, 0.15) is 16.8 Å². The third-order valence-corrected chi connectivity index (χ3v) is 4.43. The third-order valence-electron chi connectivity index (χ3n) is 3.61. The van der Waals surface area contributed by atoms with E-state index in [-0.39, 0.29) is 24.1 Å². The van der Waals surface area contributed by atoms with Gasteiger partial charge in [-0.1, -0.05) is 0 Å². The van der Waals surface area contributed by atoms with E-state index in [0.717, 1.165) is 18.2 Å². The number of hydrogen-bond donors (Lipinski definition) is 0. The molecule has 0 atom stereocenters. The Morgan fingerprint density at radius 1 is 1.19 bits per heavy atom. The molecule has 0 radical (unpaired) electrons. The maximum atomic E-state index is 13.1. The van der Waals surface area contributed by atoms with Crippen molar-refractivity contribution in [2.24, 2.45) is 0 Å². The van der Waals surface area contributed by atoms with Crippen LogP contribution in [-0.4, -0.2) is 27.9 Å². The number of benzene rings is 1. The summed E-state index contributed by atoms with van der Waals surface area (Å²) in [6.07, 6.45) is 1.21. The lowest BCUT2D eigenvalue weighted by atomic mass is 10.1. The largest absolute Gasteiger partial charge is 0.457 e. The molecule has 0 aliphatic rings. The predicted molar refractivity (Wildman–Crippen MR) is 90.1 cm³/mol. The van der Waals surface area contributed by atoms with E-state index in [1.165, 1.54) is 22.2 Å². The van der Waals surface area contributed by atoms with Crippen LogP contribution >= 0.6 is 11.3 Å². The Labute approximate surface area is 149 Å². The number of hydrogen-bond acceptors (Lipinski definition) is 6. The van der Waals surface area contributed by atoms with Gasteiger partial charge in [-0.15, -0.1) is 11.3 Å². The Balaban J connectivity index is 1.55. The zero-order chi connectivity index (χ0) is 18.7. The van der Waals surface area contributed by atoms with E-state index in [2.05, 4.69) is 4.98 Å². The van der Waals surface area contributed by atoms with E-state index in [1.807, 2.05) is 0 Å². The van der Waals surface area contributed by atoms with E-state index in [4.69, 9.17) is 4.74 Å². The molecule has 134 valence electrons. The van der Waals surface area contributed by atoms with Crippen molar-refractivity contribution in [2.75, 3.05) is 6.61 Å². The van der Waals surface area contributed by atoms with Crippen molar-refractivity contribution in [3.05, 3.63) is 63.5 Å². The van der Waals surface area contributed by atoms with Gasteiger partial charge < -0.3 is 4.74 Å². The molecule has 0 fully saturated rings. The van der Waals surface area contributed by atoms with Crippen molar-refractivity contribution in [3.8, 4) is 0 Å². The quantitative estimate of drug-likeness (QED) is 0.487. The number of ketones is 1. The van der Waals surface area contributed by atoms with Gasteiger partial charge in [0.1, 0.15) is 4.83 Å². The molecule has 3 rings (SSSR count). The highest BCUT2D eigenvalue weighted by Crippen LogP contribution is 2.13. The van der Waals surface area contributed by atoms with Gasteiger partial charge >= 0.3 is 5.97 Å². The van der Waals surface area contributed by atoms with E-state index in [9.17, 15) is 23.2 Å². The van der Waals surface area contributed by atoms with Gasteiger partial charge in [-0.3, -0.25) is 19.0 Å². The van der Waals surface area contributed by atoms with Crippen LogP contribution in [0.25, 0.3) is 10.2 Å². The normalized spacial score (nSPS) is 10.8. The average molecular weight is 378 g/mol. The van der Waals surface area contributed by atoms with Crippen molar-refractivity contribution in [1.82, 2.24) is 9.55 Å². The minimum atomic E-state index is -1.15. The third kappa shape index (κ3) is 3.83. The molecule has 0 spiro atoms. The number of thiophene rings is 1. The number of aryl methyl sites for hydroxylation is 1. The van der Waals surface area contributed by atoms with E-state index >= 15 is 0 Å². The number of nitrogens with zero attached hydrogens (tertiary/aromatic N) is 2. The second kappa shape index (κ2) is 7.52. The maximum Gasteiger partial charge on any atom is 0.308 e. The van der Waals surface area contributed by atoms with Crippen molar-refractivity contribution in [3.63, 3.8) is 0 Å². The van der Waals surface area contributed by atoms with Crippen LogP contribution in [0.2, 0.25) is 0 Å². The molecule has 0 bridgehead atoms. The summed E-state index contributed by atoms with van der Waals surface area (Å²) in [5, 5.41) is 2.22. The van der Waals surface area contributed by atoms with Gasteiger partial charge in [0, 0.05) is 12.1 Å². The van der Waals surface area contributed by atoms with Gasteiger partial charge in [-0.05, 0) is 29.6 Å². The second-order valence-electron chi connectivity index (χ2n) is 5.35. The number of ether oxygens (including phenoxy) is 1. The summed E-state index contributed by atoms with van der Waals surface area (Å²) >= 11 is 1.34. The Kier molecular flexibility index (Phi) is 5.17. The molecular formula is C17H12F2N2O4S. The van der Waals surface area contributed by atoms with Gasteiger partial charge in [0.25, 0.3) is 5.56 Å². The van der Waals surface area contributed by atoms with Gasteiger partial charge in [0.15, 0.2) is 24.0 Å². The zero-order valence-electron chi connectivity index (χ0n) is 13.3. The van der Waals surface area contributed by atoms with Crippen molar-refractivity contribution < 1.29 is 23.1 Å². The molecule has 0 unspecified atom stereocenters. The van der Waals surface area contributed by atoms with Crippen molar-refractivity contribution in [2.45, 2.75) is 13.0 Å². The van der Waals surface area contributed by atoms with Crippen LogP contribution in [0, 0.1) is 11.6 Å². The Morgan fingerprint density at radius 3 is 2.77 bits per heavy atom. The summed E-state index contributed by atoms with van der Waals surface area (Å²) in [7, 11) is 0. The highest BCUT2D eigenvalue weighted by atomic mass is 32.1. The molecule has 9 heteroatoms. The molecule has 26 heavy (non-hydrogen) atoms. The minimum Gasteiger partial charge on any atom is -0.457 e. The Morgan fingerprint density at radius 2 is 2.00 bits per heavy atom. The summed E-state index contributed by atoms with van der Waals surface area (Å²) < 4.78 is 32.1. The molecule has 1 aromatic carbocycles. The Hall–Kier alpha value is -2.94. The lowest BCUT2D eigenvalue weighted by molar-refractivity contribution is -0.142. The Bertz CT molecular complexity index is 1040. The summed E-state index contributed by atoms with van der Waals surface area (Å²) in [6.45, 7) is -0.545. The number of halogens is 2. The molecular weight excluding hydrogens is 366 g/mol. The fourth-order valence-corrected chi connectivity index (χ4v) is 2.96. The number of carbonyl (C=O) groups excluding carboxylic acids is 2. The highest BCUT2D eigenvalue weighted by molar-refractivity contribution is 7.16. The molecule has 0 N–H and O–H groups in total. The molecule has 0 aliphatic carbocycles. The van der Waals surface area contributed by atoms with E-state index in [1.54, 1.807) is 11.4 Å². The predicted octanol–water partition coefficient (Wildman–Crippen LogP) is 2.55. The van der Waals surface area contributed by atoms with Gasteiger partial charge in [-0.25, -0.2) is 13.8 Å². The van der Waals surface area contributed by atoms with Crippen molar-refractivity contribution >= 4 is 33.3 Å². The van der Waals surface area contributed by atoms with Crippen LogP contribution in [0.5, 0.6) is 0 Å². The lowest BCUT2D eigenvalue weighted by Crippen LogP contribution is -2.22. The molecule has 0 amide bonds. The molecule has 0 aliphatic heterocycles. The van der Waals surface area contributed by atoms with Crippen LogP contribution < -0.4 is 5.56 Å². The summed E-state index contributed by atoms with van der Waals surface area (Å²) in [5.74, 6) is -3.58. The summed E-state index contributed by atoms with van der Waals surface area (Å²) in [6, 6.07) is 4.33. The smallest absolute Gasteiger partial charge is 0.308 e. The monoisotopic (exact) mass is 378 g/mol. The average Bonchev–Trinajstić information content (AvgIpc) is 3.11. The molecule has 0 saturated carbocycles. The van der Waals surface area contributed by atoms with E-state index in [0.29, 0.717) is 10.2 Å². The van der Waals surface area contributed by atoms with Crippen molar-refractivity contribution in [1.29, 1.82) is 0 Å². The number of fused-ring (bicyclic) bond motifs is 1. The summed E-state index contributed by atoms with van der Waals surface area (Å²) in [4.78, 5) is 40.5. The first-order chi connectivity index (χ1) is 12.5. The standard InChI is InChI=1S/C17H12F2N2O4S/c18-12-2-1-10(7-13(12)19)14(22)8-25-15(23)3-5-21-9-20-16-11(17(21)24)4-6-26-16/h1-2,4,6-7,9H,3,5,8H2. The first-order valence-corrected chi connectivity index (χ1v) is 8.40. The SMILES string of the molecule is O=C(CCn1cnc2sccc2c1=O)OCC(=O)c1ccc(F)c(F)c1. The molecule has 2 heterocycles. The van der Waals surface area contributed by atoms with Crippen LogP contribution in [0.15, 0.2) is 40.8 Å². The fraction of sp³-hybridized carbons (Fsp3) is 0.176. The summed E-state index contributed by atoms with van der Waals surface area (Å²) in [5.41, 5.74) is -0.359. The minimum absolute atomic E-state index is 0.0514. The van der Waals surface area contributed by atoms with Gasteiger partial charge in [0.2, 0.25) is 0 Å². The molecule has 3 aromatic rings. The lowest BCUT2D eigenvalue weighted by Gasteiger charge is -2.06. The number of aromatic nitrogens is 2. The van der Waals surface area contributed by atoms with Gasteiger partial charge in [0.05, 0.1) is 18.1 Å². The molecule has 0 saturated heterocycles. The fourth-order valence-electron chi connectivity index (χ4n) is 2.24. The topological polar surface area (TPSA) is 78.3 Å². The first-order valence-electron chi connectivity index (χ1n) is 7.52.